The molecule has 1 fully saturated rings. The van der Waals surface area contributed by atoms with Gasteiger partial charge >= 0.3 is 5.97 Å². The number of esters is 1. The van der Waals surface area contributed by atoms with Crippen molar-refractivity contribution >= 4 is 23.4 Å². The SMILES string of the molecule is CCOC(=O)COc1cc2c(c(O)c1Cl)C(=O)CC1(CCCCC1)O2. The number of Topliss-reactive ketones (excluding diaryl/α,β-unsaturated/α-hetero) is 1. The van der Waals surface area contributed by atoms with E-state index in [1.165, 1.54) is 6.07 Å². The topological polar surface area (TPSA) is 82.1 Å². The Morgan fingerprint density at radius 3 is 2.76 bits per heavy atom. The minimum Gasteiger partial charge on any atom is -0.505 e. The summed E-state index contributed by atoms with van der Waals surface area (Å²) < 4.78 is 16.3. The molecule has 0 unspecified atom stereocenters. The van der Waals surface area contributed by atoms with E-state index in [1.54, 1.807) is 6.92 Å². The normalized spacial score (nSPS) is 18.4. The molecular formula is C18H21ClO6. The highest BCUT2D eigenvalue weighted by Gasteiger charge is 2.43. The third kappa shape index (κ3) is 3.54. The Bertz CT molecular complexity index is 693. The van der Waals surface area contributed by atoms with Gasteiger partial charge in [-0.25, -0.2) is 4.79 Å². The number of aromatic hydroxyl groups is 1. The molecule has 1 aromatic carbocycles. The molecule has 1 saturated carbocycles. The van der Waals surface area contributed by atoms with Gasteiger partial charge in [0.1, 0.15) is 27.7 Å². The van der Waals surface area contributed by atoms with Gasteiger partial charge < -0.3 is 19.3 Å². The maximum absolute atomic E-state index is 12.6. The number of hydrogen-bond donors (Lipinski definition) is 1. The summed E-state index contributed by atoms with van der Waals surface area (Å²) in [6.07, 6.45) is 5.00. The smallest absolute Gasteiger partial charge is 0.344 e. The molecule has 1 aliphatic heterocycles. The highest BCUT2D eigenvalue weighted by molar-refractivity contribution is 6.34. The van der Waals surface area contributed by atoms with E-state index >= 15 is 0 Å². The number of phenolic OH excluding ortho intramolecular Hbond substituents is 1. The van der Waals surface area contributed by atoms with Crippen molar-refractivity contribution in [1.29, 1.82) is 0 Å². The van der Waals surface area contributed by atoms with Crippen LogP contribution >= 0.6 is 11.6 Å². The number of halogens is 1. The molecule has 0 saturated heterocycles. The zero-order valence-electron chi connectivity index (χ0n) is 14.1. The fourth-order valence-electron chi connectivity index (χ4n) is 3.52. The van der Waals surface area contributed by atoms with E-state index in [4.69, 9.17) is 25.8 Å². The number of benzene rings is 1. The molecule has 0 aromatic heterocycles. The first kappa shape index (κ1) is 17.9. The first-order valence-electron chi connectivity index (χ1n) is 8.52. The van der Waals surface area contributed by atoms with Gasteiger partial charge in [-0.1, -0.05) is 18.0 Å². The van der Waals surface area contributed by atoms with Crippen molar-refractivity contribution in [3.05, 3.63) is 16.7 Å². The Hall–Kier alpha value is -1.95. The summed E-state index contributed by atoms with van der Waals surface area (Å²) >= 11 is 6.10. The highest BCUT2D eigenvalue weighted by atomic mass is 35.5. The molecule has 1 aromatic rings. The van der Waals surface area contributed by atoms with Gasteiger partial charge in [0.15, 0.2) is 18.1 Å². The Balaban J connectivity index is 1.89. The zero-order valence-corrected chi connectivity index (χ0v) is 14.9. The van der Waals surface area contributed by atoms with Crippen molar-refractivity contribution in [2.75, 3.05) is 13.2 Å². The van der Waals surface area contributed by atoms with E-state index in [-0.39, 0.29) is 53.3 Å². The van der Waals surface area contributed by atoms with Crippen molar-refractivity contribution in [2.45, 2.75) is 51.0 Å². The minimum atomic E-state index is -0.545. The molecule has 2 aliphatic rings. The fraction of sp³-hybridized carbons (Fsp3) is 0.556. The summed E-state index contributed by atoms with van der Waals surface area (Å²) in [6, 6.07) is 1.48. The molecule has 1 spiro atoms. The Labute approximate surface area is 151 Å². The minimum absolute atomic E-state index is 0.0877. The first-order chi connectivity index (χ1) is 12.0. The van der Waals surface area contributed by atoms with Crippen LogP contribution in [0.25, 0.3) is 0 Å². The van der Waals surface area contributed by atoms with E-state index in [2.05, 4.69) is 0 Å². The first-order valence-corrected chi connectivity index (χ1v) is 8.89. The van der Waals surface area contributed by atoms with Crippen LogP contribution in [0.1, 0.15) is 55.8 Å². The quantitative estimate of drug-likeness (QED) is 0.817. The van der Waals surface area contributed by atoms with Crippen LogP contribution in [-0.2, 0) is 9.53 Å². The van der Waals surface area contributed by atoms with Crippen LogP contribution in [0.15, 0.2) is 6.07 Å². The molecule has 3 rings (SSSR count). The van der Waals surface area contributed by atoms with Gasteiger partial charge in [0, 0.05) is 6.07 Å². The molecule has 0 bridgehead atoms. The van der Waals surface area contributed by atoms with E-state index < -0.39 is 11.6 Å². The number of fused-ring (bicyclic) bond motifs is 1. The number of rotatable bonds is 4. The van der Waals surface area contributed by atoms with E-state index in [1.807, 2.05) is 0 Å². The maximum atomic E-state index is 12.6. The predicted octanol–water partition coefficient (Wildman–Crippen LogP) is 3.66. The summed E-state index contributed by atoms with van der Waals surface area (Å²) in [7, 11) is 0. The molecule has 6 nitrogen and oxygen atoms in total. The maximum Gasteiger partial charge on any atom is 0.344 e. The largest absolute Gasteiger partial charge is 0.505 e. The van der Waals surface area contributed by atoms with Gasteiger partial charge in [0.2, 0.25) is 0 Å². The Morgan fingerprint density at radius 2 is 2.08 bits per heavy atom. The van der Waals surface area contributed by atoms with Crippen LogP contribution in [0, 0.1) is 0 Å². The van der Waals surface area contributed by atoms with Crippen LogP contribution in [0.5, 0.6) is 17.2 Å². The average Bonchev–Trinajstić information content (AvgIpc) is 2.57. The molecule has 0 radical (unpaired) electrons. The van der Waals surface area contributed by atoms with E-state index in [0.29, 0.717) is 0 Å². The van der Waals surface area contributed by atoms with Gasteiger partial charge in [-0.2, -0.15) is 0 Å². The lowest BCUT2D eigenvalue weighted by atomic mass is 9.78. The van der Waals surface area contributed by atoms with Crippen molar-refractivity contribution in [3.63, 3.8) is 0 Å². The molecule has 1 N–H and O–H groups in total. The van der Waals surface area contributed by atoms with Crippen LogP contribution in [0.2, 0.25) is 5.02 Å². The van der Waals surface area contributed by atoms with Crippen LogP contribution < -0.4 is 9.47 Å². The third-order valence-corrected chi connectivity index (χ3v) is 5.04. The van der Waals surface area contributed by atoms with Crippen LogP contribution in [-0.4, -0.2) is 35.7 Å². The summed E-state index contributed by atoms with van der Waals surface area (Å²) in [5.41, 5.74) is -0.425. The van der Waals surface area contributed by atoms with Crippen LogP contribution in [0.3, 0.4) is 0 Å². The molecule has 1 aliphatic carbocycles. The number of hydrogen-bond acceptors (Lipinski definition) is 6. The van der Waals surface area contributed by atoms with Crippen LogP contribution in [0.4, 0.5) is 0 Å². The second kappa shape index (κ2) is 7.12. The van der Waals surface area contributed by atoms with Crippen molar-refractivity contribution in [3.8, 4) is 17.2 Å². The lowest BCUT2D eigenvalue weighted by Gasteiger charge is -2.40. The molecule has 0 atom stereocenters. The second-order valence-corrected chi connectivity index (χ2v) is 6.83. The number of phenols is 1. The van der Waals surface area contributed by atoms with Gasteiger partial charge in [-0.3, -0.25) is 4.79 Å². The summed E-state index contributed by atoms with van der Waals surface area (Å²) in [4.78, 5) is 24.0. The van der Waals surface area contributed by atoms with Gasteiger partial charge in [-0.15, -0.1) is 0 Å². The van der Waals surface area contributed by atoms with E-state index in [0.717, 1.165) is 32.1 Å². The zero-order chi connectivity index (χ0) is 18.0. The molecule has 136 valence electrons. The van der Waals surface area contributed by atoms with Gasteiger partial charge in [-0.05, 0) is 32.6 Å². The molecule has 25 heavy (non-hydrogen) atoms. The predicted molar refractivity (Wildman–Crippen MR) is 90.6 cm³/mol. The van der Waals surface area contributed by atoms with Gasteiger partial charge in [0.25, 0.3) is 0 Å². The van der Waals surface area contributed by atoms with Gasteiger partial charge in [0.05, 0.1) is 13.0 Å². The average molecular weight is 369 g/mol. The molecule has 1 heterocycles. The monoisotopic (exact) mass is 368 g/mol. The standard InChI is InChI=1S/C18H21ClO6/c1-2-23-14(21)10-24-13-8-12-15(17(22)16(13)19)11(20)9-18(25-12)6-4-3-5-7-18/h8,22H,2-7,9-10H2,1H3. The highest BCUT2D eigenvalue weighted by Crippen LogP contribution is 2.49. The summed E-state index contributed by atoms with van der Waals surface area (Å²) in [6.45, 7) is 1.59. The molecular weight excluding hydrogens is 348 g/mol. The number of ketones is 1. The van der Waals surface area contributed by atoms with Crippen molar-refractivity contribution in [2.24, 2.45) is 0 Å². The lowest BCUT2D eigenvalue weighted by Crippen LogP contribution is -2.43. The molecule has 0 amide bonds. The summed E-state index contributed by atoms with van der Waals surface area (Å²) in [5, 5.41) is 10.2. The number of carbonyl (C=O) groups is 2. The lowest BCUT2D eigenvalue weighted by molar-refractivity contribution is -0.145. The molecule has 7 heteroatoms. The third-order valence-electron chi connectivity index (χ3n) is 4.67. The Kier molecular flexibility index (Phi) is 5.08. The van der Waals surface area contributed by atoms with E-state index in [9.17, 15) is 14.7 Å². The Morgan fingerprint density at radius 1 is 1.36 bits per heavy atom. The van der Waals surface area contributed by atoms with Crippen molar-refractivity contribution in [1.82, 2.24) is 0 Å². The second-order valence-electron chi connectivity index (χ2n) is 6.45. The summed E-state index contributed by atoms with van der Waals surface area (Å²) in [5.74, 6) is -0.741. The number of carbonyl (C=O) groups excluding carboxylic acids is 2. The number of ether oxygens (including phenoxy) is 3. The van der Waals surface area contributed by atoms with Crippen molar-refractivity contribution < 1.29 is 28.9 Å². The fourth-order valence-corrected chi connectivity index (χ4v) is 3.72.